The van der Waals surface area contributed by atoms with E-state index in [1.807, 2.05) is 0 Å². The Balaban J connectivity index is 1.95. The van der Waals surface area contributed by atoms with Gasteiger partial charge in [-0.3, -0.25) is 14.9 Å². The lowest BCUT2D eigenvalue weighted by Gasteiger charge is -2.09. The Kier molecular flexibility index (Phi) is 7.92. The first-order valence-electron chi connectivity index (χ1n) is 8.57. The van der Waals surface area contributed by atoms with Gasteiger partial charge in [0.2, 0.25) is 0 Å². The number of carbonyl (C=O) groups is 2. The zero-order valence-electron chi connectivity index (χ0n) is 16.0. The molecule has 0 radical (unpaired) electrons. The summed E-state index contributed by atoms with van der Waals surface area (Å²) in [5.74, 6) is -0.756. The molecule has 0 aliphatic rings. The Bertz CT molecular complexity index is 869. The highest BCUT2D eigenvalue weighted by Crippen LogP contribution is 2.25. The molecule has 154 valence electrons. The first kappa shape index (κ1) is 21.6. The van der Waals surface area contributed by atoms with Gasteiger partial charge >= 0.3 is 5.97 Å². The second-order valence-corrected chi connectivity index (χ2v) is 5.76. The van der Waals surface area contributed by atoms with Crippen molar-refractivity contribution in [1.29, 1.82) is 0 Å². The largest absolute Gasteiger partial charge is 0.497 e. The summed E-state index contributed by atoms with van der Waals surface area (Å²) >= 11 is 0. The third-order valence-electron chi connectivity index (χ3n) is 3.76. The molecule has 0 saturated heterocycles. The molecule has 0 atom stereocenters. The maximum absolute atomic E-state index is 12.1. The minimum absolute atomic E-state index is 0.0359. The number of nitrogens with zero attached hydrogens (tertiary/aromatic N) is 1. The van der Waals surface area contributed by atoms with Gasteiger partial charge in [-0.2, -0.15) is 0 Å². The van der Waals surface area contributed by atoms with E-state index in [1.54, 1.807) is 24.3 Å². The van der Waals surface area contributed by atoms with Crippen LogP contribution in [0.1, 0.15) is 10.4 Å². The molecule has 0 fully saturated rings. The van der Waals surface area contributed by atoms with Crippen molar-refractivity contribution in [2.45, 2.75) is 0 Å². The molecule has 0 spiro atoms. The standard InChI is InChI=1S/C19H21N3O7/c1-27-10-9-20-16-8-3-13(11-17(16)22(25)26)19(24)29-12-18(23)21-14-4-6-15(28-2)7-5-14/h3-8,11,20H,9-10,12H2,1-2H3,(H,21,23). The van der Waals surface area contributed by atoms with Crippen LogP contribution in [0.2, 0.25) is 0 Å². The molecule has 2 aromatic carbocycles. The average molecular weight is 403 g/mol. The molecular formula is C19H21N3O7. The van der Waals surface area contributed by atoms with E-state index in [0.29, 0.717) is 24.6 Å². The van der Waals surface area contributed by atoms with Crippen LogP contribution in [0.3, 0.4) is 0 Å². The summed E-state index contributed by atoms with van der Waals surface area (Å²) < 4.78 is 14.8. The predicted molar refractivity (Wildman–Crippen MR) is 105 cm³/mol. The minimum atomic E-state index is -0.846. The first-order chi connectivity index (χ1) is 13.9. The lowest BCUT2D eigenvalue weighted by Crippen LogP contribution is -2.21. The summed E-state index contributed by atoms with van der Waals surface area (Å²) in [6.45, 7) is 0.198. The van der Waals surface area contributed by atoms with Crippen molar-refractivity contribution in [2.75, 3.05) is 44.6 Å². The molecule has 10 heteroatoms. The number of hydrogen-bond acceptors (Lipinski definition) is 8. The van der Waals surface area contributed by atoms with Gasteiger partial charge in [-0.1, -0.05) is 0 Å². The number of nitro benzene ring substituents is 1. The second kappa shape index (κ2) is 10.6. The highest BCUT2D eigenvalue weighted by atomic mass is 16.6. The number of nitrogens with one attached hydrogen (secondary N) is 2. The van der Waals surface area contributed by atoms with Gasteiger partial charge in [-0.15, -0.1) is 0 Å². The third kappa shape index (κ3) is 6.47. The quantitative estimate of drug-likeness (QED) is 0.268. The third-order valence-corrected chi connectivity index (χ3v) is 3.76. The van der Waals surface area contributed by atoms with Crippen LogP contribution in [0, 0.1) is 10.1 Å². The summed E-state index contributed by atoms with van der Waals surface area (Å²) in [5, 5.41) is 16.7. The van der Waals surface area contributed by atoms with Crippen LogP contribution >= 0.6 is 0 Å². The molecule has 29 heavy (non-hydrogen) atoms. The Hall–Kier alpha value is -3.66. The van der Waals surface area contributed by atoms with Crippen LogP contribution < -0.4 is 15.4 Å². The van der Waals surface area contributed by atoms with Crippen LogP contribution in [0.4, 0.5) is 17.1 Å². The summed E-state index contributed by atoms with van der Waals surface area (Å²) in [5.41, 5.74) is 0.444. The number of esters is 1. The molecule has 2 rings (SSSR count). The van der Waals surface area contributed by atoms with Gasteiger partial charge < -0.3 is 24.8 Å². The molecule has 1 amide bonds. The lowest BCUT2D eigenvalue weighted by atomic mass is 10.1. The molecule has 0 aliphatic carbocycles. The summed E-state index contributed by atoms with van der Waals surface area (Å²) in [6.07, 6.45) is 0. The van der Waals surface area contributed by atoms with Crippen LogP contribution in [0.15, 0.2) is 42.5 Å². The minimum Gasteiger partial charge on any atom is -0.497 e. The van der Waals surface area contributed by atoms with Crippen LogP contribution in [0.5, 0.6) is 5.75 Å². The fraction of sp³-hybridized carbons (Fsp3) is 0.263. The van der Waals surface area contributed by atoms with Crippen molar-refractivity contribution in [2.24, 2.45) is 0 Å². The highest BCUT2D eigenvalue weighted by Gasteiger charge is 2.19. The van der Waals surface area contributed by atoms with Crippen molar-refractivity contribution in [3.8, 4) is 5.75 Å². The number of rotatable bonds is 10. The SMILES string of the molecule is COCCNc1ccc(C(=O)OCC(=O)Nc2ccc(OC)cc2)cc1[N+](=O)[O-]. The van der Waals surface area contributed by atoms with Gasteiger partial charge in [-0.25, -0.2) is 4.79 Å². The zero-order chi connectivity index (χ0) is 21.2. The van der Waals surface area contributed by atoms with Crippen molar-refractivity contribution in [3.05, 3.63) is 58.1 Å². The molecule has 0 unspecified atom stereocenters. The zero-order valence-corrected chi connectivity index (χ0v) is 16.0. The molecule has 0 aromatic heterocycles. The van der Waals surface area contributed by atoms with E-state index in [1.165, 1.54) is 26.4 Å². The molecule has 0 bridgehead atoms. The van der Waals surface area contributed by atoms with Crippen molar-refractivity contribution in [1.82, 2.24) is 0 Å². The fourth-order valence-electron chi connectivity index (χ4n) is 2.33. The Labute approximate surface area is 166 Å². The van der Waals surface area contributed by atoms with Gasteiger partial charge in [0.05, 0.1) is 24.2 Å². The van der Waals surface area contributed by atoms with Gasteiger partial charge in [-0.05, 0) is 36.4 Å². The summed E-state index contributed by atoms with van der Waals surface area (Å²) in [7, 11) is 3.04. The van der Waals surface area contributed by atoms with E-state index >= 15 is 0 Å². The fourth-order valence-corrected chi connectivity index (χ4v) is 2.33. The average Bonchev–Trinajstić information content (AvgIpc) is 2.72. The summed E-state index contributed by atoms with van der Waals surface area (Å²) in [4.78, 5) is 34.7. The molecule has 0 heterocycles. The summed E-state index contributed by atoms with van der Waals surface area (Å²) in [6, 6.07) is 10.5. The molecule has 2 aromatic rings. The molecule has 0 aliphatic heterocycles. The number of hydrogen-bond donors (Lipinski definition) is 2. The maximum Gasteiger partial charge on any atom is 0.338 e. The van der Waals surface area contributed by atoms with Crippen molar-refractivity contribution >= 4 is 28.9 Å². The van der Waals surface area contributed by atoms with Crippen molar-refractivity contribution in [3.63, 3.8) is 0 Å². The number of nitro groups is 1. The van der Waals surface area contributed by atoms with Crippen molar-refractivity contribution < 1.29 is 28.7 Å². The number of anilines is 2. The van der Waals surface area contributed by atoms with Gasteiger partial charge in [0, 0.05) is 25.4 Å². The monoisotopic (exact) mass is 403 g/mol. The topological polar surface area (TPSA) is 129 Å². The molecule has 2 N–H and O–H groups in total. The van der Waals surface area contributed by atoms with Gasteiger partial charge in [0.1, 0.15) is 11.4 Å². The van der Waals surface area contributed by atoms with Crippen LogP contribution in [-0.2, 0) is 14.3 Å². The van der Waals surface area contributed by atoms with E-state index in [4.69, 9.17) is 14.2 Å². The van der Waals surface area contributed by atoms with E-state index < -0.39 is 23.4 Å². The van der Waals surface area contributed by atoms with Crippen LogP contribution in [0.25, 0.3) is 0 Å². The lowest BCUT2D eigenvalue weighted by molar-refractivity contribution is -0.384. The Morgan fingerprint density at radius 1 is 1.10 bits per heavy atom. The normalized spacial score (nSPS) is 10.1. The maximum atomic E-state index is 12.1. The highest BCUT2D eigenvalue weighted by molar-refractivity contribution is 5.96. The number of benzene rings is 2. The van der Waals surface area contributed by atoms with Gasteiger partial charge in [0.25, 0.3) is 11.6 Å². The number of carbonyl (C=O) groups excluding carboxylic acids is 2. The first-order valence-corrected chi connectivity index (χ1v) is 8.57. The van der Waals surface area contributed by atoms with Crippen LogP contribution in [-0.4, -0.2) is 50.8 Å². The number of ether oxygens (including phenoxy) is 3. The number of methoxy groups -OCH3 is 2. The molecular weight excluding hydrogens is 382 g/mol. The molecule has 10 nitrogen and oxygen atoms in total. The van der Waals surface area contributed by atoms with E-state index in [2.05, 4.69) is 10.6 Å². The van der Waals surface area contributed by atoms with Gasteiger partial charge in [0.15, 0.2) is 6.61 Å². The van der Waals surface area contributed by atoms with E-state index in [9.17, 15) is 19.7 Å². The Morgan fingerprint density at radius 2 is 1.83 bits per heavy atom. The predicted octanol–water partition coefficient (Wildman–Crippen LogP) is 2.46. The molecule has 0 saturated carbocycles. The Morgan fingerprint density at radius 3 is 2.45 bits per heavy atom. The number of amides is 1. The van der Waals surface area contributed by atoms with E-state index in [0.717, 1.165) is 6.07 Å². The van der Waals surface area contributed by atoms with E-state index in [-0.39, 0.29) is 16.9 Å². The second-order valence-electron chi connectivity index (χ2n) is 5.76. The smallest absolute Gasteiger partial charge is 0.338 e.